The number of anilines is 1. The smallest absolute Gasteiger partial charge is 0.255 e. The number of hydrogen-bond donors (Lipinski definition) is 2. The number of aryl methyl sites for hydroxylation is 2. The molecule has 3 aromatic carbocycles. The van der Waals surface area contributed by atoms with E-state index in [1.54, 1.807) is 55.6 Å². The van der Waals surface area contributed by atoms with Crippen LogP contribution in [0.25, 0.3) is 0 Å². The fourth-order valence-electron chi connectivity index (χ4n) is 3.99. The summed E-state index contributed by atoms with van der Waals surface area (Å²) in [5.74, 6) is 0.972. The molecule has 0 bridgehead atoms. The average molecular weight is 431 g/mol. The highest BCUT2D eigenvalue weighted by Gasteiger charge is 2.26. The summed E-state index contributed by atoms with van der Waals surface area (Å²) >= 11 is 0. The number of rotatable bonds is 5. The summed E-state index contributed by atoms with van der Waals surface area (Å²) in [6.07, 6.45) is 0.683. The number of carbonyl (C=O) groups is 2. The number of nitrogens with one attached hydrogen (secondary N) is 2. The quantitative estimate of drug-likeness (QED) is 0.609. The predicted molar refractivity (Wildman–Crippen MR) is 124 cm³/mol. The monoisotopic (exact) mass is 430 g/mol. The normalized spacial score (nSPS) is 14.7. The van der Waals surface area contributed by atoms with Crippen LogP contribution in [-0.4, -0.2) is 25.5 Å². The first-order valence-corrected chi connectivity index (χ1v) is 10.6. The summed E-state index contributed by atoms with van der Waals surface area (Å²) in [5.41, 5.74) is 4.52. The molecule has 6 nitrogen and oxygen atoms in total. The van der Waals surface area contributed by atoms with Gasteiger partial charge in [0.2, 0.25) is 0 Å². The third kappa shape index (κ3) is 4.44. The minimum atomic E-state index is -0.296. The Morgan fingerprint density at radius 2 is 1.75 bits per heavy atom. The van der Waals surface area contributed by atoms with E-state index in [4.69, 9.17) is 9.47 Å². The van der Waals surface area contributed by atoms with Crippen molar-refractivity contribution in [2.45, 2.75) is 26.3 Å². The second-order valence-corrected chi connectivity index (χ2v) is 7.89. The third-order valence-electron chi connectivity index (χ3n) is 5.55. The topological polar surface area (TPSA) is 76.7 Å². The minimum absolute atomic E-state index is 0.157. The number of carbonyl (C=O) groups excluding carboxylic acids is 2. The number of para-hydroxylation sites is 1. The van der Waals surface area contributed by atoms with Gasteiger partial charge in [-0.3, -0.25) is 9.59 Å². The maximum atomic E-state index is 13.2. The second kappa shape index (κ2) is 9.14. The lowest BCUT2D eigenvalue weighted by molar-refractivity contribution is 0.0925. The number of hydrogen-bond acceptors (Lipinski definition) is 4. The molecule has 0 aliphatic carbocycles. The molecule has 0 saturated carbocycles. The number of amides is 2. The van der Waals surface area contributed by atoms with Gasteiger partial charge in [0.1, 0.15) is 11.5 Å². The lowest BCUT2D eigenvalue weighted by atomic mass is 9.95. The first-order chi connectivity index (χ1) is 15.5. The summed E-state index contributed by atoms with van der Waals surface area (Å²) < 4.78 is 11.0. The molecule has 1 aliphatic rings. The van der Waals surface area contributed by atoms with E-state index >= 15 is 0 Å². The predicted octanol–water partition coefficient (Wildman–Crippen LogP) is 4.82. The van der Waals surface area contributed by atoms with E-state index in [1.807, 2.05) is 13.8 Å². The molecule has 164 valence electrons. The Hall–Kier alpha value is -3.80. The number of fused-ring (bicyclic) bond motifs is 1. The molecule has 0 saturated heterocycles. The minimum Gasteiger partial charge on any atom is -0.497 e. The van der Waals surface area contributed by atoms with Crippen LogP contribution in [0.3, 0.4) is 0 Å². The van der Waals surface area contributed by atoms with Gasteiger partial charge in [-0.25, -0.2) is 0 Å². The van der Waals surface area contributed by atoms with Crippen LogP contribution in [0, 0.1) is 13.8 Å². The van der Waals surface area contributed by atoms with Crippen LogP contribution in [0.15, 0.2) is 60.7 Å². The zero-order valence-electron chi connectivity index (χ0n) is 18.4. The second-order valence-electron chi connectivity index (χ2n) is 7.89. The summed E-state index contributed by atoms with van der Waals surface area (Å²) in [6, 6.07) is 17.8. The van der Waals surface area contributed by atoms with Crippen LogP contribution in [-0.2, 0) is 0 Å². The Morgan fingerprint density at radius 1 is 1.00 bits per heavy atom. The molecule has 4 rings (SSSR count). The maximum Gasteiger partial charge on any atom is 0.255 e. The molecule has 2 amide bonds. The Balaban J connectivity index is 1.54. The van der Waals surface area contributed by atoms with Gasteiger partial charge in [0.25, 0.3) is 11.8 Å². The Bertz CT molecular complexity index is 1150. The molecular formula is C26H26N2O4. The molecule has 1 atom stereocenters. The fourth-order valence-corrected chi connectivity index (χ4v) is 3.99. The first-order valence-electron chi connectivity index (χ1n) is 10.6. The molecule has 0 spiro atoms. The van der Waals surface area contributed by atoms with Gasteiger partial charge in [0.05, 0.1) is 31.0 Å². The molecule has 2 N–H and O–H groups in total. The summed E-state index contributed by atoms with van der Waals surface area (Å²) in [6.45, 7) is 4.59. The highest BCUT2D eigenvalue weighted by atomic mass is 16.5. The van der Waals surface area contributed by atoms with Gasteiger partial charge < -0.3 is 20.1 Å². The standard InChI is InChI=1S/C26H26N2O4/c1-16-14-17(2)24-21(15-16)23(12-13-32-24)28-26(30)20-6-4-5-7-22(20)27-25(29)18-8-10-19(31-3)11-9-18/h4-11,14-15,23H,12-13H2,1-3H3,(H,27,29)(H,28,30). The number of benzene rings is 3. The molecule has 0 radical (unpaired) electrons. The van der Waals surface area contributed by atoms with Gasteiger partial charge in [-0.2, -0.15) is 0 Å². The molecular weight excluding hydrogens is 404 g/mol. The molecule has 0 fully saturated rings. The Kier molecular flexibility index (Phi) is 6.12. The lowest BCUT2D eigenvalue weighted by Crippen LogP contribution is -2.33. The Labute approximate surface area is 187 Å². The van der Waals surface area contributed by atoms with Crippen LogP contribution in [0.2, 0.25) is 0 Å². The molecule has 32 heavy (non-hydrogen) atoms. The summed E-state index contributed by atoms with van der Waals surface area (Å²) in [4.78, 5) is 25.9. The number of methoxy groups -OCH3 is 1. The van der Waals surface area contributed by atoms with Gasteiger partial charge in [-0.1, -0.05) is 29.8 Å². The van der Waals surface area contributed by atoms with Crippen LogP contribution >= 0.6 is 0 Å². The van der Waals surface area contributed by atoms with Crippen molar-refractivity contribution in [2.24, 2.45) is 0 Å². The molecule has 3 aromatic rings. The largest absolute Gasteiger partial charge is 0.497 e. The Morgan fingerprint density at radius 3 is 2.50 bits per heavy atom. The van der Waals surface area contributed by atoms with Crippen molar-refractivity contribution in [1.82, 2.24) is 5.32 Å². The van der Waals surface area contributed by atoms with Crippen LogP contribution in [0.5, 0.6) is 11.5 Å². The molecule has 1 aliphatic heterocycles. The van der Waals surface area contributed by atoms with Crippen molar-refractivity contribution in [3.05, 3.63) is 88.5 Å². The third-order valence-corrected chi connectivity index (χ3v) is 5.55. The molecule has 6 heteroatoms. The average Bonchev–Trinajstić information content (AvgIpc) is 2.80. The van der Waals surface area contributed by atoms with E-state index in [2.05, 4.69) is 22.8 Å². The van der Waals surface area contributed by atoms with E-state index in [0.717, 1.165) is 22.4 Å². The summed E-state index contributed by atoms with van der Waals surface area (Å²) in [5, 5.41) is 5.98. The van der Waals surface area contributed by atoms with Crippen molar-refractivity contribution in [3.8, 4) is 11.5 Å². The van der Waals surface area contributed by atoms with E-state index in [0.29, 0.717) is 35.6 Å². The zero-order chi connectivity index (χ0) is 22.7. The van der Waals surface area contributed by atoms with Gasteiger partial charge in [0.15, 0.2) is 0 Å². The van der Waals surface area contributed by atoms with Crippen molar-refractivity contribution in [3.63, 3.8) is 0 Å². The fraction of sp³-hybridized carbons (Fsp3) is 0.231. The van der Waals surface area contributed by atoms with E-state index < -0.39 is 0 Å². The first kappa shape index (κ1) is 21.4. The van der Waals surface area contributed by atoms with E-state index in [1.165, 1.54) is 0 Å². The van der Waals surface area contributed by atoms with Crippen LogP contribution in [0.4, 0.5) is 5.69 Å². The molecule has 1 unspecified atom stereocenters. The van der Waals surface area contributed by atoms with Crippen molar-refractivity contribution >= 4 is 17.5 Å². The number of ether oxygens (including phenoxy) is 2. The highest BCUT2D eigenvalue weighted by molar-refractivity contribution is 6.09. The zero-order valence-corrected chi connectivity index (χ0v) is 18.4. The SMILES string of the molecule is COc1ccc(C(=O)Nc2ccccc2C(=O)NC2CCOc3c(C)cc(C)cc32)cc1. The summed E-state index contributed by atoms with van der Waals surface area (Å²) in [7, 11) is 1.57. The molecule has 1 heterocycles. The van der Waals surface area contributed by atoms with Crippen LogP contribution < -0.4 is 20.1 Å². The van der Waals surface area contributed by atoms with Crippen molar-refractivity contribution in [2.75, 3.05) is 19.0 Å². The van der Waals surface area contributed by atoms with Gasteiger partial charge >= 0.3 is 0 Å². The van der Waals surface area contributed by atoms with Crippen molar-refractivity contribution in [1.29, 1.82) is 0 Å². The van der Waals surface area contributed by atoms with E-state index in [-0.39, 0.29) is 17.9 Å². The highest BCUT2D eigenvalue weighted by Crippen LogP contribution is 2.36. The van der Waals surface area contributed by atoms with Gasteiger partial charge in [-0.15, -0.1) is 0 Å². The van der Waals surface area contributed by atoms with Crippen LogP contribution in [0.1, 0.15) is 49.9 Å². The lowest BCUT2D eigenvalue weighted by Gasteiger charge is -2.28. The van der Waals surface area contributed by atoms with Gasteiger partial charge in [0, 0.05) is 17.5 Å². The van der Waals surface area contributed by atoms with Gasteiger partial charge in [-0.05, 0) is 55.8 Å². The van der Waals surface area contributed by atoms with Crippen molar-refractivity contribution < 1.29 is 19.1 Å². The molecule has 0 aromatic heterocycles. The maximum absolute atomic E-state index is 13.2. The van der Waals surface area contributed by atoms with E-state index in [9.17, 15) is 9.59 Å².